The third kappa shape index (κ3) is 7.06. The van der Waals surface area contributed by atoms with Crippen LogP contribution in [0.3, 0.4) is 0 Å². The molecule has 2 fully saturated rings. The predicted molar refractivity (Wildman–Crippen MR) is 149 cm³/mol. The summed E-state index contributed by atoms with van der Waals surface area (Å²) in [4.78, 5) is 26.5. The quantitative estimate of drug-likeness (QED) is 0.378. The predicted octanol–water partition coefficient (Wildman–Crippen LogP) is 5.22. The molecule has 194 valence electrons. The SMILES string of the molecule is O=C(c1ccc(Nc2nccc(-c3ccc(Cl)cc3)n2)cc1)N1CCC(NCCCN2CCCC2)CC1. The van der Waals surface area contributed by atoms with Gasteiger partial charge in [0.25, 0.3) is 5.91 Å². The fraction of sp³-hybridized carbons (Fsp3) is 0.414. The van der Waals surface area contributed by atoms with Crippen LogP contribution in [0, 0.1) is 0 Å². The minimum Gasteiger partial charge on any atom is -0.339 e. The first-order valence-corrected chi connectivity index (χ1v) is 13.7. The number of piperidine rings is 1. The Morgan fingerprint density at radius 1 is 0.946 bits per heavy atom. The molecule has 0 spiro atoms. The Hall–Kier alpha value is -3.00. The highest BCUT2D eigenvalue weighted by molar-refractivity contribution is 6.30. The summed E-state index contributed by atoms with van der Waals surface area (Å²) in [5.41, 5.74) is 3.32. The van der Waals surface area contributed by atoms with Crippen molar-refractivity contribution in [3.05, 3.63) is 71.4 Å². The average Bonchev–Trinajstić information content (AvgIpc) is 3.46. The lowest BCUT2D eigenvalue weighted by atomic mass is 10.0. The van der Waals surface area contributed by atoms with Gasteiger partial charge in [-0.25, -0.2) is 9.97 Å². The smallest absolute Gasteiger partial charge is 0.253 e. The number of hydrogen-bond donors (Lipinski definition) is 2. The number of amides is 1. The molecule has 37 heavy (non-hydrogen) atoms. The Balaban J connectivity index is 1.08. The van der Waals surface area contributed by atoms with Crippen LogP contribution in [-0.2, 0) is 0 Å². The first-order chi connectivity index (χ1) is 18.1. The number of aromatic nitrogens is 2. The molecule has 2 aromatic carbocycles. The molecule has 7 nitrogen and oxygen atoms in total. The molecule has 0 saturated carbocycles. The fourth-order valence-corrected chi connectivity index (χ4v) is 5.24. The van der Waals surface area contributed by atoms with Crippen molar-refractivity contribution in [2.24, 2.45) is 0 Å². The molecule has 2 aliphatic rings. The lowest BCUT2D eigenvalue weighted by Gasteiger charge is -2.32. The molecule has 0 atom stereocenters. The lowest BCUT2D eigenvalue weighted by molar-refractivity contribution is 0.0705. The molecule has 2 aliphatic heterocycles. The Bertz CT molecular complexity index is 1160. The highest BCUT2D eigenvalue weighted by Gasteiger charge is 2.23. The minimum absolute atomic E-state index is 0.0972. The monoisotopic (exact) mass is 518 g/mol. The summed E-state index contributed by atoms with van der Waals surface area (Å²) in [5.74, 6) is 0.599. The summed E-state index contributed by atoms with van der Waals surface area (Å²) >= 11 is 5.99. The van der Waals surface area contributed by atoms with Crippen LogP contribution in [0.15, 0.2) is 60.8 Å². The van der Waals surface area contributed by atoms with Gasteiger partial charge in [0.15, 0.2) is 0 Å². The number of carbonyl (C=O) groups excluding carboxylic acids is 1. The van der Waals surface area contributed by atoms with E-state index in [9.17, 15) is 4.79 Å². The van der Waals surface area contributed by atoms with Gasteiger partial charge in [-0.1, -0.05) is 23.7 Å². The number of rotatable bonds is 9. The molecule has 2 N–H and O–H groups in total. The van der Waals surface area contributed by atoms with Crippen molar-refractivity contribution in [3.63, 3.8) is 0 Å². The Morgan fingerprint density at radius 3 is 2.41 bits per heavy atom. The molecule has 5 rings (SSSR count). The van der Waals surface area contributed by atoms with E-state index in [0.717, 1.165) is 49.4 Å². The number of carbonyl (C=O) groups is 1. The van der Waals surface area contributed by atoms with Gasteiger partial charge in [0.1, 0.15) is 0 Å². The van der Waals surface area contributed by atoms with Crippen LogP contribution < -0.4 is 10.6 Å². The Labute approximate surface area is 224 Å². The van der Waals surface area contributed by atoms with E-state index >= 15 is 0 Å². The van der Waals surface area contributed by atoms with E-state index < -0.39 is 0 Å². The molecule has 3 aromatic rings. The zero-order chi connectivity index (χ0) is 25.5. The number of nitrogens with one attached hydrogen (secondary N) is 2. The highest BCUT2D eigenvalue weighted by Crippen LogP contribution is 2.22. The molecule has 0 unspecified atom stereocenters. The molecule has 1 aromatic heterocycles. The molecule has 0 aliphatic carbocycles. The van der Waals surface area contributed by atoms with Crippen LogP contribution in [0.25, 0.3) is 11.3 Å². The molecular formula is C29H35ClN6O. The molecule has 8 heteroatoms. The minimum atomic E-state index is 0.0972. The number of likely N-dealkylation sites (tertiary alicyclic amines) is 2. The van der Waals surface area contributed by atoms with E-state index in [2.05, 4.69) is 25.5 Å². The van der Waals surface area contributed by atoms with Crippen molar-refractivity contribution in [3.8, 4) is 11.3 Å². The van der Waals surface area contributed by atoms with Crippen molar-refractivity contribution in [1.82, 2.24) is 25.1 Å². The van der Waals surface area contributed by atoms with Crippen molar-refractivity contribution in [2.75, 3.05) is 44.6 Å². The maximum absolute atomic E-state index is 13.1. The number of nitrogens with zero attached hydrogens (tertiary/aromatic N) is 4. The van der Waals surface area contributed by atoms with Crippen LogP contribution in [0.1, 0.15) is 42.5 Å². The second-order valence-corrected chi connectivity index (χ2v) is 10.3. The van der Waals surface area contributed by atoms with Crippen LogP contribution in [0.2, 0.25) is 5.02 Å². The first-order valence-electron chi connectivity index (χ1n) is 13.4. The van der Waals surface area contributed by atoms with Crippen LogP contribution in [-0.4, -0.2) is 71.0 Å². The number of benzene rings is 2. The molecule has 0 bridgehead atoms. The van der Waals surface area contributed by atoms with Crippen LogP contribution in [0.4, 0.5) is 11.6 Å². The van der Waals surface area contributed by atoms with E-state index in [-0.39, 0.29) is 5.91 Å². The third-order valence-electron chi connectivity index (χ3n) is 7.25. The lowest BCUT2D eigenvalue weighted by Crippen LogP contribution is -2.45. The maximum Gasteiger partial charge on any atom is 0.253 e. The van der Waals surface area contributed by atoms with Gasteiger partial charge in [-0.2, -0.15) is 0 Å². The van der Waals surface area contributed by atoms with Gasteiger partial charge in [-0.3, -0.25) is 4.79 Å². The summed E-state index contributed by atoms with van der Waals surface area (Å²) in [6.45, 7) is 6.40. The van der Waals surface area contributed by atoms with Crippen molar-refractivity contribution in [1.29, 1.82) is 0 Å². The molecular weight excluding hydrogens is 484 g/mol. The number of halogens is 1. The average molecular weight is 519 g/mol. The van der Waals surface area contributed by atoms with Gasteiger partial charge >= 0.3 is 0 Å². The van der Waals surface area contributed by atoms with Crippen molar-refractivity contribution in [2.45, 2.75) is 38.1 Å². The van der Waals surface area contributed by atoms with E-state index in [4.69, 9.17) is 11.6 Å². The van der Waals surface area contributed by atoms with Gasteiger partial charge in [0.2, 0.25) is 5.95 Å². The van der Waals surface area contributed by atoms with Gasteiger partial charge in [-0.05, 0) is 101 Å². The molecule has 1 amide bonds. The summed E-state index contributed by atoms with van der Waals surface area (Å²) in [5, 5.41) is 7.63. The fourth-order valence-electron chi connectivity index (χ4n) is 5.11. The number of anilines is 2. The van der Waals surface area contributed by atoms with Crippen LogP contribution >= 0.6 is 11.6 Å². The molecule has 0 radical (unpaired) electrons. The van der Waals surface area contributed by atoms with E-state index in [1.165, 1.54) is 38.9 Å². The summed E-state index contributed by atoms with van der Waals surface area (Å²) in [6.07, 6.45) is 7.66. The number of hydrogen-bond acceptors (Lipinski definition) is 6. The van der Waals surface area contributed by atoms with E-state index in [1.807, 2.05) is 59.5 Å². The molecule has 3 heterocycles. The normalized spacial score (nSPS) is 16.7. The van der Waals surface area contributed by atoms with E-state index in [0.29, 0.717) is 22.6 Å². The van der Waals surface area contributed by atoms with Crippen molar-refractivity contribution < 1.29 is 4.79 Å². The second-order valence-electron chi connectivity index (χ2n) is 9.90. The standard InChI is InChI=1S/C29H35ClN6O/c30-24-8-4-22(5-9-24)27-12-16-32-29(34-27)33-26-10-6-23(7-11-26)28(37)36-20-13-25(14-21-36)31-15-3-19-35-17-1-2-18-35/h4-12,16,25,31H,1-3,13-15,17-21H2,(H,32,33,34). The van der Waals surface area contributed by atoms with Gasteiger partial charge in [0, 0.05) is 47.2 Å². The summed E-state index contributed by atoms with van der Waals surface area (Å²) in [7, 11) is 0. The zero-order valence-corrected chi connectivity index (χ0v) is 22.0. The van der Waals surface area contributed by atoms with Crippen molar-refractivity contribution >= 4 is 29.1 Å². The second kappa shape index (κ2) is 12.5. The van der Waals surface area contributed by atoms with Gasteiger partial charge < -0.3 is 20.4 Å². The van der Waals surface area contributed by atoms with E-state index in [1.54, 1.807) is 6.20 Å². The third-order valence-corrected chi connectivity index (χ3v) is 7.50. The van der Waals surface area contributed by atoms with Gasteiger partial charge in [0.05, 0.1) is 5.69 Å². The van der Waals surface area contributed by atoms with Gasteiger partial charge in [-0.15, -0.1) is 0 Å². The topological polar surface area (TPSA) is 73.4 Å². The summed E-state index contributed by atoms with van der Waals surface area (Å²) < 4.78 is 0. The highest BCUT2D eigenvalue weighted by atomic mass is 35.5. The Kier molecular flexibility index (Phi) is 8.66. The summed E-state index contributed by atoms with van der Waals surface area (Å²) in [6, 6.07) is 17.5. The maximum atomic E-state index is 13.1. The Morgan fingerprint density at radius 2 is 1.68 bits per heavy atom. The van der Waals surface area contributed by atoms with Crippen LogP contribution in [0.5, 0.6) is 0 Å². The first kappa shape index (κ1) is 25.6. The largest absolute Gasteiger partial charge is 0.339 e. The molecule has 2 saturated heterocycles. The zero-order valence-electron chi connectivity index (χ0n) is 21.2.